The maximum atomic E-state index is 16.1. The number of nitrogens with one attached hydrogen (secondary N) is 2. The lowest BCUT2D eigenvalue weighted by Crippen LogP contribution is -2.53. The predicted molar refractivity (Wildman–Crippen MR) is 240 cm³/mol. The molecule has 4 aromatic carbocycles. The molecule has 2 saturated heterocycles. The van der Waals surface area contributed by atoms with Gasteiger partial charge >= 0.3 is 6.03 Å². The van der Waals surface area contributed by atoms with E-state index >= 15 is 4.39 Å². The summed E-state index contributed by atoms with van der Waals surface area (Å²) in [6, 6.07) is 23.1. The fraction of sp³-hybridized carbons (Fsp3) is 0.396. The second-order valence-corrected chi connectivity index (χ2v) is 16.8. The second-order valence-electron chi connectivity index (χ2n) is 16.4. The Kier molecular flexibility index (Phi) is 15.2. The van der Waals surface area contributed by atoms with Crippen LogP contribution < -0.4 is 30.7 Å². The van der Waals surface area contributed by atoms with Crippen molar-refractivity contribution in [2.24, 2.45) is 11.7 Å². The van der Waals surface area contributed by atoms with E-state index in [2.05, 4.69) is 10.6 Å². The molecule has 0 aromatic heterocycles. The summed E-state index contributed by atoms with van der Waals surface area (Å²) >= 11 is 6.73. The van der Waals surface area contributed by atoms with Gasteiger partial charge in [0.2, 0.25) is 17.7 Å². The standard InChI is InChI=1S/C48H54ClFN6O8/c1-30-8-14-35(27-40(30)56-19-18-42(57)53-48(56)61)64-29-43(58)54-20-22-55(23-21-54)47(60)32-9-12-34(13-10-32)52-28-38(31-6-4-3-5-7-31)33-11-16-39(49)37(26-33)44-36(46(51)59)15-17-41(45(44)50)63-25-24-62-2/h3-8,11,14-17,26-27,32,34,38,52H,9-10,12-13,18-25,28-29H2,1-2H3,(H2,51,59)(H,53,57,61). The predicted octanol–water partition coefficient (Wildman–Crippen LogP) is 6.06. The summed E-state index contributed by atoms with van der Waals surface area (Å²) in [6.07, 6.45) is 3.28. The Hall–Kier alpha value is -6.03. The molecule has 4 aromatic rings. The van der Waals surface area contributed by atoms with Gasteiger partial charge in [-0.15, -0.1) is 0 Å². The van der Waals surface area contributed by atoms with Gasteiger partial charge in [0.05, 0.1) is 17.9 Å². The third-order valence-electron chi connectivity index (χ3n) is 12.3. The molecule has 3 aliphatic rings. The van der Waals surface area contributed by atoms with Crippen LogP contribution in [0.25, 0.3) is 11.1 Å². The van der Waals surface area contributed by atoms with Gasteiger partial charge in [0, 0.05) is 92.9 Å². The van der Waals surface area contributed by atoms with Gasteiger partial charge in [-0.2, -0.15) is 0 Å². The van der Waals surface area contributed by atoms with Crippen LogP contribution in [0.15, 0.2) is 78.9 Å². The largest absolute Gasteiger partial charge is 0.488 e. The number of hydrogen-bond acceptors (Lipinski definition) is 9. The summed E-state index contributed by atoms with van der Waals surface area (Å²) in [5.41, 5.74) is 9.35. The molecule has 6 amide bonds. The topological polar surface area (TPSA) is 173 Å². The average molecular weight is 897 g/mol. The molecule has 4 N–H and O–H groups in total. The van der Waals surface area contributed by atoms with Crippen molar-refractivity contribution in [1.82, 2.24) is 20.4 Å². The Morgan fingerprint density at radius 1 is 0.875 bits per heavy atom. The van der Waals surface area contributed by atoms with Gasteiger partial charge in [-0.05, 0) is 79.6 Å². The summed E-state index contributed by atoms with van der Waals surface area (Å²) in [6.45, 7) is 4.55. The number of ether oxygens (including phenoxy) is 3. The zero-order valence-electron chi connectivity index (χ0n) is 36.1. The fourth-order valence-electron chi connectivity index (χ4n) is 8.70. The lowest BCUT2D eigenvalue weighted by Gasteiger charge is -2.38. The first-order valence-corrected chi connectivity index (χ1v) is 22.0. The van der Waals surface area contributed by atoms with E-state index in [4.69, 9.17) is 31.5 Å². The number of methoxy groups -OCH3 is 1. The Labute approximate surface area is 377 Å². The molecule has 1 saturated carbocycles. The quantitative estimate of drug-likeness (QED) is 0.113. The summed E-state index contributed by atoms with van der Waals surface area (Å²) in [5, 5.41) is 6.33. The molecule has 7 rings (SSSR count). The molecule has 14 nitrogen and oxygen atoms in total. The van der Waals surface area contributed by atoms with Crippen molar-refractivity contribution in [3.8, 4) is 22.6 Å². The summed E-state index contributed by atoms with van der Waals surface area (Å²) in [5.74, 6) is -1.80. The van der Waals surface area contributed by atoms with E-state index in [1.54, 1.807) is 23.1 Å². The Bertz CT molecular complexity index is 2350. The van der Waals surface area contributed by atoms with E-state index in [0.717, 1.165) is 42.4 Å². The van der Waals surface area contributed by atoms with Gasteiger partial charge in [-0.1, -0.05) is 54.1 Å². The molecule has 1 unspecified atom stereocenters. The maximum absolute atomic E-state index is 16.1. The molecule has 0 bridgehead atoms. The number of primary amides is 1. The Morgan fingerprint density at radius 2 is 1.61 bits per heavy atom. The van der Waals surface area contributed by atoms with Crippen molar-refractivity contribution in [1.29, 1.82) is 0 Å². The Balaban J connectivity index is 0.927. The molecule has 338 valence electrons. The molecular formula is C48H54ClFN6O8. The molecule has 1 aliphatic carbocycles. The number of amides is 6. The van der Waals surface area contributed by atoms with E-state index < -0.39 is 17.8 Å². The van der Waals surface area contributed by atoms with Crippen LogP contribution in [-0.4, -0.2) is 112 Å². The number of rotatable bonds is 16. The summed E-state index contributed by atoms with van der Waals surface area (Å²) < 4.78 is 32.7. The highest BCUT2D eigenvalue weighted by Gasteiger charge is 2.33. The van der Waals surface area contributed by atoms with Crippen molar-refractivity contribution < 1.29 is 42.6 Å². The second kappa shape index (κ2) is 21.1. The molecular weight excluding hydrogens is 843 g/mol. The molecule has 0 radical (unpaired) electrons. The van der Waals surface area contributed by atoms with Crippen LogP contribution in [0, 0.1) is 18.7 Å². The first-order chi connectivity index (χ1) is 30.9. The zero-order valence-corrected chi connectivity index (χ0v) is 36.8. The number of hydrogen-bond donors (Lipinski definition) is 3. The van der Waals surface area contributed by atoms with Gasteiger partial charge in [0.25, 0.3) is 5.91 Å². The number of nitrogens with two attached hydrogens (primary N) is 1. The van der Waals surface area contributed by atoms with Crippen LogP contribution in [0.4, 0.5) is 14.9 Å². The van der Waals surface area contributed by atoms with Gasteiger partial charge in [-0.3, -0.25) is 29.4 Å². The van der Waals surface area contributed by atoms with E-state index in [1.165, 1.54) is 24.1 Å². The van der Waals surface area contributed by atoms with Crippen molar-refractivity contribution in [2.45, 2.75) is 51.0 Å². The average Bonchev–Trinajstić information content (AvgIpc) is 3.30. The smallest absolute Gasteiger partial charge is 0.328 e. The minimum Gasteiger partial charge on any atom is -0.488 e. The monoisotopic (exact) mass is 896 g/mol. The zero-order chi connectivity index (χ0) is 45.3. The third-order valence-corrected chi connectivity index (χ3v) is 12.6. The normalized spacial score (nSPS) is 18.3. The fourth-order valence-corrected chi connectivity index (χ4v) is 8.91. The van der Waals surface area contributed by atoms with Crippen LogP contribution in [0.3, 0.4) is 0 Å². The number of carbonyl (C=O) groups excluding carboxylic acids is 5. The highest BCUT2D eigenvalue weighted by molar-refractivity contribution is 6.33. The number of halogens is 2. The molecule has 3 fully saturated rings. The summed E-state index contributed by atoms with van der Waals surface area (Å²) in [7, 11) is 1.52. The molecule has 2 aliphatic heterocycles. The number of aryl methyl sites for hydroxylation is 1. The van der Waals surface area contributed by atoms with Gasteiger partial charge in [0.1, 0.15) is 12.4 Å². The van der Waals surface area contributed by atoms with Crippen LogP contribution in [0.2, 0.25) is 5.02 Å². The van der Waals surface area contributed by atoms with Crippen molar-refractivity contribution in [3.05, 3.63) is 112 Å². The number of urea groups is 1. The molecule has 1 atom stereocenters. The van der Waals surface area contributed by atoms with E-state index in [1.807, 2.05) is 60.4 Å². The highest BCUT2D eigenvalue weighted by atomic mass is 35.5. The lowest BCUT2D eigenvalue weighted by molar-refractivity contribution is -0.143. The first kappa shape index (κ1) is 46.0. The molecule has 64 heavy (non-hydrogen) atoms. The van der Waals surface area contributed by atoms with E-state index in [9.17, 15) is 24.0 Å². The summed E-state index contributed by atoms with van der Waals surface area (Å²) in [4.78, 5) is 68.5. The van der Waals surface area contributed by atoms with Crippen LogP contribution >= 0.6 is 11.6 Å². The minimum absolute atomic E-state index is 0.0152. The van der Waals surface area contributed by atoms with Crippen molar-refractivity contribution in [2.75, 3.05) is 71.1 Å². The van der Waals surface area contributed by atoms with Crippen LogP contribution in [0.5, 0.6) is 11.5 Å². The molecule has 2 heterocycles. The molecule has 16 heteroatoms. The van der Waals surface area contributed by atoms with Gasteiger partial charge in [-0.25, -0.2) is 9.18 Å². The number of anilines is 1. The molecule has 0 spiro atoms. The SMILES string of the molecule is COCCOc1ccc(C(N)=O)c(-c2cc(C(CNC3CCC(C(=O)N4CCN(C(=O)COc5ccc(C)c(N6CCC(=O)NC6=O)c5)CC4)CC3)c3ccccc3)ccc2Cl)c1F. The van der Waals surface area contributed by atoms with E-state index in [-0.39, 0.29) is 90.3 Å². The van der Waals surface area contributed by atoms with Gasteiger partial charge in [0.15, 0.2) is 18.2 Å². The van der Waals surface area contributed by atoms with Crippen LogP contribution in [-0.2, 0) is 19.1 Å². The van der Waals surface area contributed by atoms with Crippen molar-refractivity contribution in [3.63, 3.8) is 0 Å². The minimum atomic E-state index is -0.796. The number of imide groups is 1. The highest BCUT2D eigenvalue weighted by Crippen LogP contribution is 2.39. The Morgan fingerprint density at radius 3 is 2.31 bits per heavy atom. The number of carbonyl (C=O) groups is 5. The lowest BCUT2D eigenvalue weighted by atomic mass is 9.84. The maximum Gasteiger partial charge on any atom is 0.328 e. The van der Waals surface area contributed by atoms with Gasteiger partial charge < -0.3 is 35.1 Å². The number of piperazine rings is 1. The van der Waals surface area contributed by atoms with Crippen molar-refractivity contribution >= 4 is 46.9 Å². The first-order valence-electron chi connectivity index (χ1n) is 21.6. The van der Waals surface area contributed by atoms with Crippen LogP contribution in [0.1, 0.15) is 65.1 Å². The number of benzene rings is 4. The third kappa shape index (κ3) is 10.8. The van der Waals surface area contributed by atoms with E-state index in [0.29, 0.717) is 49.7 Å². The number of nitrogens with zero attached hydrogens (tertiary/aromatic N) is 3.